The van der Waals surface area contributed by atoms with Gasteiger partial charge in [0.05, 0.1) is 26.4 Å². The van der Waals surface area contributed by atoms with Crippen LogP contribution in [0.3, 0.4) is 0 Å². The number of esters is 2. The molecule has 0 aliphatic heterocycles. The maximum atomic E-state index is 14.8. The van der Waals surface area contributed by atoms with Gasteiger partial charge >= 0.3 is 17.6 Å². The van der Waals surface area contributed by atoms with Gasteiger partial charge in [-0.2, -0.15) is 0 Å². The Hall–Kier alpha value is -2.18. The molecule has 0 saturated carbocycles. The number of aldehydes is 1. The fourth-order valence-corrected chi connectivity index (χ4v) is 1.73. The summed E-state index contributed by atoms with van der Waals surface area (Å²) in [5.74, 6) is -4.35. The van der Waals surface area contributed by atoms with Gasteiger partial charge in [-0.3, -0.25) is 0 Å². The lowest BCUT2D eigenvalue weighted by atomic mass is 9.84. The maximum absolute atomic E-state index is 14.8. The topological polar surface area (TPSA) is 82.8 Å². The average molecular weight is 272 g/mol. The van der Waals surface area contributed by atoms with Gasteiger partial charge in [-0.05, 0) is 12.1 Å². The molecule has 0 aromatic carbocycles. The van der Waals surface area contributed by atoms with Crippen molar-refractivity contribution in [2.75, 3.05) is 14.2 Å². The Bertz CT molecular complexity index is 437. The van der Waals surface area contributed by atoms with Crippen LogP contribution >= 0.6 is 0 Å². The highest BCUT2D eigenvalue weighted by Crippen LogP contribution is 2.36. The van der Waals surface area contributed by atoms with E-state index in [1.54, 1.807) is 0 Å². The van der Waals surface area contributed by atoms with Crippen molar-refractivity contribution in [3.05, 3.63) is 24.2 Å². The van der Waals surface area contributed by atoms with E-state index in [4.69, 9.17) is 4.42 Å². The molecular weight excluding hydrogens is 259 g/mol. The van der Waals surface area contributed by atoms with Gasteiger partial charge in [0.15, 0.2) is 0 Å². The van der Waals surface area contributed by atoms with E-state index in [0.717, 1.165) is 14.2 Å². The van der Waals surface area contributed by atoms with Crippen LogP contribution in [0.2, 0.25) is 0 Å². The number of carbonyl (C=O) groups is 3. The highest BCUT2D eigenvalue weighted by atomic mass is 19.1. The number of alkyl halides is 1. The molecule has 0 amide bonds. The SMILES string of the molecule is COC(=O)C(F)(C(=O)OC)C(CC=O)c1ccco1. The molecule has 7 heteroatoms. The Morgan fingerprint density at radius 1 is 1.42 bits per heavy atom. The zero-order valence-electron chi connectivity index (χ0n) is 10.4. The number of halogens is 1. The van der Waals surface area contributed by atoms with Crippen molar-refractivity contribution in [2.45, 2.75) is 18.0 Å². The number of methoxy groups -OCH3 is 2. The van der Waals surface area contributed by atoms with Crippen molar-refractivity contribution >= 4 is 18.2 Å². The van der Waals surface area contributed by atoms with E-state index in [9.17, 15) is 18.8 Å². The van der Waals surface area contributed by atoms with E-state index in [-0.39, 0.29) is 5.76 Å². The van der Waals surface area contributed by atoms with E-state index in [0.29, 0.717) is 6.29 Å². The molecule has 19 heavy (non-hydrogen) atoms. The number of hydrogen-bond donors (Lipinski definition) is 0. The molecule has 0 fully saturated rings. The Balaban J connectivity index is 3.30. The third kappa shape index (κ3) is 2.64. The molecule has 0 N–H and O–H groups in total. The first-order chi connectivity index (χ1) is 9.02. The summed E-state index contributed by atoms with van der Waals surface area (Å²) in [5.41, 5.74) is -3.14. The molecule has 0 spiro atoms. The Morgan fingerprint density at radius 3 is 2.37 bits per heavy atom. The van der Waals surface area contributed by atoms with Crippen molar-refractivity contribution in [1.82, 2.24) is 0 Å². The minimum Gasteiger partial charge on any atom is -0.469 e. The van der Waals surface area contributed by atoms with Gasteiger partial charge < -0.3 is 18.7 Å². The molecule has 1 heterocycles. The molecule has 0 saturated heterocycles. The van der Waals surface area contributed by atoms with Crippen LogP contribution in [0.5, 0.6) is 0 Å². The molecule has 0 aliphatic carbocycles. The molecule has 0 radical (unpaired) electrons. The smallest absolute Gasteiger partial charge is 0.356 e. The normalized spacial score (nSPS) is 12.6. The molecule has 104 valence electrons. The molecule has 1 aromatic heterocycles. The highest BCUT2D eigenvalue weighted by Gasteiger charge is 2.57. The van der Waals surface area contributed by atoms with Gasteiger partial charge in [0.2, 0.25) is 0 Å². The fourth-order valence-electron chi connectivity index (χ4n) is 1.73. The number of carbonyl (C=O) groups excluding carboxylic acids is 3. The number of hydrogen-bond acceptors (Lipinski definition) is 6. The van der Waals surface area contributed by atoms with Crippen LogP contribution in [0, 0.1) is 0 Å². The molecule has 1 atom stereocenters. The standard InChI is InChI=1S/C12H13FO6/c1-17-10(15)12(13,11(16)18-2)8(5-6-14)9-4-3-7-19-9/h3-4,6-8H,5H2,1-2H3. The van der Waals surface area contributed by atoms with E-state index >= 15 is 0 Å². The molecule has 6 nitrogen and oxygen atoms in total. The summed E-state index contributed by atoms with van der Waals surface area (Å²) in [7, 11) is 1.86. The summed E-state index contributed by atoms with van der Waals surface area (Å²) >= 11 is 0. The minimum atomic E-state index is -3.14. The van der Waals surface area contributed by atoms with Gasteiger partial charge in [-0.1, -0.05) is 0 Å². The van der Waals surface area contributed by atoms with Gasteiger partial charge in [-0.25, -0.2) is 14.0 Å². The summed E-state index contributed by atoms with van der Waals surface area (Å²) in [6.07, 6.45) is 1.18. The van der Waals surface area contributed by atoms with Crippen molar-refractivity contribution in [3.63, 3.8) is 0 Å². The Kier molecular flexibility index (Phi) is 4.80. The predicted octanol–water partition coefficient (Wildman–Crippen LogP) is 1.01. The number of furan rings is 1. The van der Waals surface area contributed by atoms with Crippen LogP contribution in [0.1, 0.15) is 18.1 Å². The second-order valence-corrected chi connectivity index (χ2v) is 3.67. The average Bonchev–Trinajstić information content (AvgIpc) is 2.95. The van der Waals surface area contributed by atoms with E-state index in [1.807, 2.05) is 0 Å². The number of ether oxygens (including phenoxy) is 2. The summed E-state index contributed by atoms with van der Waals surface area (Å²) in [4.78, 5) is 33.8. The fraction of sp³-hybridized carbons (Fsp3) is 0.417. The summed E-state index contributed by atoms with van der Waals surface area (Å²) in [6.45, 7) is 0. The van der Waals surface area contributed by atoms with Crippen LogP contribution in [-0.2, 0) is 23.9 Å². The quantitative estimate of drug-likeness (QED) is 0.436. The monoisotopic (exact) mass is 272 g/mol. The van der Waals surface area contributed by atoms with Gasteiger partial charge in [-0.15, -0.1) is 0 Å². The Morgan fingerprint density at radius 2 is 2.00 bits per heavy atom. The first-order valence-corrected chi connectivity index (χ1v) is 5.35. The highest BCUT2D eigenvalue weighted by molar-refractivity contribution is 6.04. The lowest BCUT2D eigenvalue weighted by molar-refractivity contribution is -0.174. The molecule has 0 aliphatic rings. The summed E-state index contributed by atoms with van der Waals surface area (Å²) in [5, 5.41) is 0. The second-order valence-electron chi connectivity index (χ2n) is 3.67. The van der Waals surface area contributed by atoms with Gasteiger partial charge in [0.1, 0.15) is 12.0 Å². The zero-order valence-corrected chi connectivity index (χ0v) is 10.4. The van der Waals surface area contributed by atoms with Crippen molar-refractivity contribution in [2.24, 2.45) is 0 Å². The molecule has 1 rings (SSSR count). The third-order valence-electron chi connectivity index (χ3n) is 2.66. The van der Waals surface area contributed by atoms with Crippen molar-refractivity contribution in [3.8, 4) is 0 Å². The van der Waals surface area contributed by atoms with Crippen molar-refractivity contribution in [1.29, 1.82) is 0 Å². The number of rotatable bonds is 6. The predicted molar refractivity (Wildman–Crippen MR) is 60.0 cm³/mol. The van der Waals surface area contributed by atoms with Crippen LogP contribution in [0.25, 0.3) is 0 Å². The molecular formula is C12H13FO6. The summed E-state index contributed by atoms with van der Waals surface area (Å²) in [6, 6.07) is 2.80. The van der Waals surface area contributed by atoms with Crippen LogP contribution < -0.4 is 0 Å². The maximum Gasteiger partial charge on any atom is 0.356 e. The first-order valence-electron chi connectivity index (χ1n) is 5.35. The molecule has 1 aromatic rings. The largest absolute Gasteiger partial charge is 0.469 e. The first kappa shape index (κ1) is 14.9. The van der Waals surface area contributed by atoms with E-state index < -0.39 is 29.9 Å². The lowest BCUT2D eigenvalue weighted by Gasteiger charge is -2.26. The molecule has 0 bridgehead atoms. The van der Waals surface area contributed by atoms with Crippen molar-refractivity contribution < 1.29 is 32.7 Å². The van der Waals surface area contributed by atoms with Crippen LogP contribution in [0.4, 0.5) is 4.39 Å². The Labute approximate surface area is 108 Å². The van der Waals surface area contributed by atoms with Gasteiger partial charge in [0.25, 0.3) is 0 Å². The zero-order chi connectivity index (χ0) is 14.5. The lowest BCUT2D eigenvalue weighted by Crippen LogP contribution is -2.49. The van der Waals surface area contributed by atoms with Gasteiger partial charge in [0, 0.05) is 6.42 Å². The second kappa shape index (κ2) is 6.12. The van der Waals surface area contributed by atoms with E-state index in [2.05, 4.69) is 9.47 Å². The van der Waals surface area contributed by atoms with Crippen LogP contribution in [0.15, 0.2) is 22.8 Å². The third-order valence-corrected chi connectivity index (χ3v) is 2.66. The minimum absolute atomic E-state index is 0.0228. The van der Waals surface area contributed by atoms with E-state index in [1.165, 1.54) is 18.4 Å². The van der Waals surface area contributed by atoms with Crippen LogP contribution in [-0.4, -0.2) is 38.1 Å². The summed E-state index contributed by atoms with van der Waals surface area (Å²) < 4.78 is 28.4. The molecule has 1 unspecified atom stereocenters.